The summed E-state index contributed by atoms with van der Waals surface area (Å²) in [6, 6.07) is 11.5. The Labute approximate surface area is 193 Å². The first-order chi connectivity index (χ1) is 15.8. The van der Waals surface area contributed by atoms with Crippen LogP contribution in [-0.2, 0) is 14.3 Å². The van der Waals surface area contributed by atoms with Gasteiger partial charge in [0.05, 0.1) is 24.3 Å². The van der Waals surface area contributed by atoms with Crippen LogP contribution in [0.5, 0.6) is 5.75 Å². The summed E-state index contributed by atoms with van der Waals surface area (Å²) in [5.41, 5.74) is 0.379. The Hall–Kier alpha value is -3.19. The topological polar surface area (TPSA) is 76.1 Å². The zero-order valence-electron chi connectivity index (χ0n) is 19.2. The number of carbonyl (C=O) groups is 2. The summed E-state index contributed by atoms with van der Waals surface area (Å²) in [4.78, 5) is 27.2. The minimum Gasteiger partial charge on any atom is -0.507 e. The average molecular weight is 456 g/mol. The van der Waals surface area contributed by atoms with Crippen LogP contribution in [0.15, 0.2) is 54.1 Å². The Morgan fingerprint density at radius 2 is 1.79 bits per heavy atom. The number of hydrogen-bond acceptors (Lipinski definition) is 5. The van der Waals surface area contributed by atoms with Gasteiger partial charge in [0.1, 0.15) is 17.3 Å². The van der Waals surface area contributed by atoms with Gasteiger partial charge in [-0.3, -0.25) is 9.59 Å². The van der Waals surface area contributed by atoms with E-state index >= 15 is 0 Å². The molecule has 6 nitrogen and oxygen atoms in total. The fourth-order valence-electron chi connectivity index (χ4n) is 3.77. The maximum absolute atomic E-state index is 14.8. The van der Waals surface area contributed by atoms with Crippen molar-refractivity contribution in [2.45, 2.75) is 45.8 Å². The number of ether oxygens (including phenoxy) is 2. The van der Waals surface area contributed by atoms with Gasteiger partial charge in [0.25, 0.3) is 11.7 Å². The van der Waals surface area contributed by atoms with Gasteiger partial charge in [-0.1, -0.05) is 25.1 Å². The van der Waals surface area contributed by atoms with Crippen LogP contribution in [0, 0.1) is 5.82 Å². The van der Waals surface area contributed by atoms with Crippen molar-refractivity contribution >= 4 is 17.4 Å². The Morgan fingerprint density at radius 1 is 1.09 bits per heavy atom. The predicted molar refractivity (Wildman–Crippen MR) is 123 cm³/mol. The second-order valence-electron chi connectivity index (χ2n) is 8.16. The number of benzene rings is 2. The molecule has 2 aromatic rings. The summed E-state index contributed by atoms with van der Waals surface area (Å²) >= 11 is 0. The summed E-state index contributed by atoms with van der Waals surface area (Å²) in [6.07, 6.45) is 1.36. The van der Waals surface area contributed by atoms with Gasteiger partial charge in [0.15, 0.2) is 0 Å². The third-order valence-corrected chi connectivity index (χ3v) is 5.33. The standard InChI is InChI=1S/C26H30FNO5/c1-4-15-33-19-12-10-18(11-13-19)24(29)22-23(20-8-5-6-9-21(20)27)28(26(31)25(22)30)14-7-16-32-17(2)3/h5-6,8-13,17,23,29H,4,7,14-16H2,1-3H3/b24-22-. The molecule has 1 heterocycles. The molecule has 176 valence electrons. The molecule has 1 unspecified atom stereocenters. The lowest BCUT2D eigenvalue weighted by Gasteiger charge is -2.25. The number of rotatable bonds is 10. The summed E-state index contributed by atoms with van der Waals surface area (Å²) in [5.74, 6) is -1.87. The molecule has 0 saturated carbocycles. The molecule has 1 aliphatic rings. The number of Topliss-reactive ketones (excluding diaryl/α,β-unsaturated/α-hetero) is 1. The highest BCUT2D eigenvalue weighted by Crippen LogP contribution is 2.40. The van der Waals surface area contributed by atoms with E-state index in [2.05, 4.69) is 0 Å². The summed E-state index contributed by atoms with van der Waals surface area (Å²) in [5, 5.41) is 11.1. The van der Waals surface area contributed by atoms with Crippen molar-refractivity contribution in [1.82, 2.24) is 4.90 Å². The molecule has 1 fully saturated rings. The third kappa shape index (κ3) is 5.60. The molecule has 2 aromatic carbocycles. The van der Waals surface area contributed by atoms with Crippen LogP contribution in [0.3, 0.4) is 0 Å². The number of amides is 1. The second kappa shape index (κ2) is 11.1. The summed E-state index contributed by atoms with van der Waals surface area (Å²) < 4.78 is 25.9. The first kappa shape index (κ1) is 24.5. The van der Waals surface area contributed by atoms with E-state index in [4.69, 9.17) is 9.47 Å². The number of hydrogen-bond donors (Lipinski definition) is 1. The second-order valence-corrected chi connectivity index (χ2v) is 8.16. The minimum absolute atomic E-state index is 0.0343. The van der Waals surface area contributed by atoms with E-state index < -0.39 is 23.5 Å². The molecular weight excluding hydrogens is 425 g/mol. The highest BCUT2D eigenvalue weighted by atomic mass is 19.1. The van der Waals surface area contributed by atoms with Crippen molar-refractivity contribution in [3.05, 3.63) is 71.0 Å². The lowest BCUT2D eigenvalue weighted by atomic mass is 9.95. The predicted octanol–water partition coefficient (Wildman–Crippen LogP) is 4.85. The van der Waals surface area contributed by atoms with E-state index in [0.717, 1.165) is 6.42 Å². The van der Waals surface area contributed by atoms with E-state index in [1.54, 1.807) is 30.3 Å². The highest BCUT2D eigenvalue weighted by molar-refractivity contribution is 6.46. The number of nitrogens with zero attached hydrogens (tertiary/aromatic N) is 1. The van der Waals surface area contributed by atoms with Crippen LogP contribution in [0.25, 0.3) is 5.76 Å². The van der Waals surface area contributed by atoms with Crippen molar-refractivity contribution in [1.29, 1.82) is 0 Å². The average Bonchev–Trinajstić information content (AvgIpc) is 3.05. The molecule has 3 rings (SSSR count). The maximum atomic E-state index is 14.8. The maximum Gasteiger partial charge on any atom is 0.295 e. The minimum atomic E-state index is -1.03. The fraction of sp³-hybridized carbons (Fsp3) is 0.385. The summed E-state index contributed by atoms with van der Waals surface area (Å²) in [6.45, 7) is 6.95. The van der Waals surface area contributed by atoms with Crippen molar-refractivity contribution in [2.75, 3.05) is 19.8 Å². The Balaban J connectivity index is 1.99. The van der Waals surface area contributed by atoms with Crippen LogP contribution in [0.4, 0.5) is 4.39 Å². The number of carbonyl (C=O) groups excluding carboxylic acids is 2. The number of likely N-dealkylation sites (tertiary alicyclic amines) is 1. The van der Waals surface area contributed by atoms with Crippen LogP contribution in [0.2, 0.25) is 0 Å². The Morgan fingerprint density at radius 3 is 2.42 bits per heavy atom. The zero-order valence-corrected chi connectivity index (χ0v) is 19.2. The molecule has 33 heavy (non-hydrogen) atoms. The molecule has 1 atom stereocenters. The number of aliphatic hydroxyl groups is 1. The molecule has 1 saturated heterocycles. The SMILES string of the molecule is CCCOc1ccc(/C(O)=C2/C(=O)C(=O)N(CCCOC(C)C)C2c2ccccc2F)cc1. The Kier molecular flexibility index (Phi) is 8.22. The van der Waals surface area contributed by atoms with Gasteiger partial charge in [-0.25, -0.2) is 4.39 Å². The summed E-state index contributed by atoms with van der Waals surface area (Å²) in [7, 11) is 0. The smallest absolute Gasteiger partial charge is 0.295 e. The van der Waals surface area contributed by atoms with Gasteiger partial charge >= 0.3 is 0 Å². The number of aliphatic hydroxyl groups excluding tert-OH is 1. The van der Waals surface area contributed by atoms with Crippen LogP contribution >= 0.6 is 0 Å². The number of ketones is 1. The quantitative estimate of drug-likeness (QED) is 0.240. The first-order valence-corrected chi connectivity index (χ1v) is 11.2. The molecule has 0 bridgehead atoms. The fourth-order valence-corrected chi connectivity index (χ4v) is 3.77. The van der Waals surface area contributed by atoms with Gasteiger partial charge in [-0.05, 0) is 57.0 Å². The monoisotopic (exact) mass is 455 g/mol. The molecule has 1 aliphatic heterocycles. The van der Waals surface area contributed by atoms with Gasteiger partial charge in [-0.15, -0.1) is 0 Å². The van der Waals surface area contributed by atoms with Gasteiger partial charge in [0.2, 0.25) is 0 Å². The largest absolute Gasteiger partial charge is 0.507 e. The highest BCUT2D eigenvalue weighted by Gasteiger charge is 2.46. The molecule has 0 aliphatic carbocycles. The van der Waals surface area contributed by atoms with Gasteiger partial charge < -0.3 is 19.5 Å². The Bertz CT molecular complexity index is 1020. The molecule has 0 radical (unpaired) electrons. The molecule has 7 heteroatoms. The van der Waals surface area contributed by atoms with E-state index in [9.17, 15) is 19.1 Å². The van der Waals surface area contributed by atoms with Crippen molar-refractivity contribution in [3.63, 3.8) is 0 Å². The molecule has 1 amide bonds. The van der Waals surface area contributed by atoms with Gasteiger partial charge in [0, 0.05) is 24.3 Å². The molecule has 0 aromatic heterocycles. The van der Waals surface area contributed by atoms with E-state index in [1.165, 1.54) is 23.1 Å². The lowest BCUT2D eigenvalue weighted by Crippen LogP contribution is -2.31. The normalized spacial score (nSPS) is 17.7. The number of halogens is 1. The van der Waals surface area contributed by atoms with E-state index in [-0.39, 0.29) is 29.5 Å². The van der Waals surface area contributed by atoms with E-state index in [0.29, 0.717) is 30.9 Å². The van der Waals surface area contributed by atoms with Crippen LogP contribution in [-0.4, -0.2) is 47.6 Å². The van der Waals surface area contributed by atoms with Crippen LogP contribution in [0.1, 0.15) is 50.8 Å². The van der Waals surface area contributed by atoms with Gasteiger partial charge in [-0.2, -0.15) is 0 Å². The van der Waals surface area contributed by atoms with Crippen LogP contribution < -0.4 is 4.74 Å². The van der Waals surface area contributed by atoms with Crippen molar-refractivity contribution in [2.24, 2.45) is 0 Å². The molecule has 0 spiro atoms. The van der Waals surface area contributed by atoms with Crippen molar-refractivity contribution in [3.8, 4) is 5.75 Å². The lowest BCUT2D eigenvalue weighted by molar-refractivity contribution is -0.140. The zero-order chi connectivity index (χ0) is 24.0. The molecule has 1 N–H and O–H groups in total. The first-order valence-electron chi connectivity index (χ1n) is 11.2. The van der Waals surface area contributed by atoms with Crippen molar-refractivity contribution < 1.29 is 28.6 Å². The third-order valence-electron chi connectivity index (χ3n) is 5.33. The van der Waals surface area contributed by atoms with E-state index in [1.807, 2.05) is 20.8 Å². The molecular formula is C26H30FNO5.